The van der Waals surface area contributed by atoms with Crippen LogP contribution in [0, 0.1) is 23.7 Å². The van der Waals surface area contributed by atoms with Crippen molar-refractivity contribution in [2.45, 2.75) is 69.9 Å². The molecule has 2 aliphatic rings. The first kappa shape index (κ1) is 23.1. The van der Waals surface area contributed by atoms with Gasteiger partial charge in [-0.1, -0.05) is 20.4 Å². The lowest BCUT2D eigenvalue weighted by Crippen LogP contribution is -2.47. The SMILES string of the molecule is C=Cc1ncccc1SNC(C)(C)C=O.CNC1C(C)CC2CC(C)CC1C2. The number of aromatic nitrogens is 1. The number of rotatable bonds is 6. The largest absolute Gasteiger partial charge is 0.316 e. The number of hydrogen-bond acceptors (Lipinski definition) is 5. The smallest absolute Gasteiger partial charge is 0.140 e. The van der Waals surface area contributed by atoms with Crippen molar-refractivity contribution < 1.29 is 4.79 Å². The normalized spacial score (nSPS) is 29.4. The minimum absolute atomic E-state index is 0.543. The number of pyridine rings is 1. The van der Waals surface area contributed by atoms with E-state index in [1.165, 1.54) is 37.6 Å². The Morgan fingerprint density at radius 3 is 2.64 bits per heavy atom. The lowest BCUT2D eigenvalue weighted by Gasteiger charge is -2.46. The average Bonchev–Trinajstić information content (AvgIpc) is 2.66. The summed E-state index contributed by atoms with van der Waals surface area (Å²) in [6, 6.07) is 4.59. The molecule has 4 nitrogen and oxygen atoms in total. The molecule has 0 amide bonds. The molecule has 5 heteroatoms. The summed E-state index contributed by atoms with van der Waals surface area (Å²) < 4.78 is 3.06. The van der Waals surface area contributed by atoms with E-state index in [1.54, 1.807) is 12.3 Å². The molecule has 28 heavy (non-hydrogen) atoms. The molecule has 2 saturated carbocycles. The maximum Gasteiger partial charge on any atom is 0.140 e. The van der Waals surface area contributed by atoms with E-state index in [9.17, 15) is 4.79 Å². The number of aldehydes is 1. The van der Waals surface area contributed by atoms with E-state index >= 15 is 0 Å². The zero-order valence-corrected chi connectivity index (χ0v) is 18.9. The van der Waals surface area contributed by atoms with Crippen molar-refractivity contribution in [2.24, 2.45) is 23.7 Å². The van der Waals surface area contributed by atoms with Gasteiger partial charge in [0, 0.05) is 17.1 Å². The van der Waals surface area contributed by atoms with Crippen LogP contribution in [0.1, 0.15) is 59.1 Å². The highest BCUT2D eigenvalue weighted by atomic mass is 32.2. The van der Waals surface area contributed by atoms with Gasteiger partial charge in [0.1, 0.15) is 6.29 Å². The molecule has 156 valence electrons. The van der Waals surface area contributed by atoms with Crippen molar-refractivity contribution in [3.05, 3.63) is 30.6 Å². The summed E-state index contributed by atoms with van der Waals surface area (Å²) in [7, 11) is 2.14. The van der Waals surface area contributed by atoms with Gasteiger partial charge in [-0.15, -0.1) is 0 Å². The van der Waals surface area contributed by atoms with E-state index in [-0.39, 0.29) is 0 Å². The van der Waals surface area contributed by atoms with Crippen LogP contribution in [0.25, 0.3) is 6.08 Å². The Morgan fingerprint density at radius 2 is 2.00 bits per heavy atom. The van der Waals surface area contributed by atoms with Crippen LogP contribution in [0.2, 0.25) is 0 Å². The first-order valence-electron chi connectivity index (χ1n) is 10.4. The summed E-state index contributed by atoms with van der Waals surface area (Å²) in [5.41, 5.74) is 0.274. The third kappa shape index (κ3) is 6.43. The van der Waals surface area contributed by atoms with Crippen LogP contribution in [0.4, 0.5) is 0 Å². The second kappa shape index (κ2) is 10.6. The predicted molar refractivity (Wildman–Crippen MR) is 120 cm³/mol. The topological polar surface area (TPSA) is 54.0 Å². The minimum atomic E-state index is -0.543. The van der Waals surface area contributed by atoms with Crippen molar-refractivity contribution in [2.75, 3.05) is 7.05 Å². The molecule has 1 heterocycles. The van der Waals surface area contributed by atoms with Crippen molar-refractivity contribution >= 4 is 24.3 Å². The molecule has 0 radical (unpaired) electrons. The van der Waals surface area contributed by atoms with Gasteiger partial charge in [0.25, 0.3) is 0 Å². The first-order chi connectivity index (χ1) is 13.3. The van der Waals surface area contributed by atoms with Gasteiger partial charge in [0.05, 0.1) is 11.2 Å². The molecule has 5 unspecified atom stereocenters. The van der Waals surface area contributed by atoms with E-state index in [0.29, 0.717) is 0 Å². The number of nitrogens with one attached hydrogen (secondary N) is 2. The van der Waals surface area contributed by atoms with E-state index in [0.717, 1.165) is 46.6 Å². The highest BCUT2D eigenvalue weighted by Gasteiger charge is 2.38. The van der Waals surface area contributed by atoms with Gasteiger partial charge in [-0.05, 0) is 100 Å². The molecular weight excluding hydrogens is 366 g/mol. The number of carbonyl (C=O) groups excluding carboxylic acids is 1. The number of carbonyl (C=O) groups is 1. The van der Waals surface area contributed by atoms with Gasteiger partial charge in [-0.2, -0.15) is 0 Å². The third-order valence-electron chi connectivity index (χ3n) is 5.95. The fourth-order valence-electron chi connectivity index (χ4n) is 4.80. The monoisotopic (exact) mass is 403 g/mol. The van der Waals surface area contributed by atoms with Gasteiger partial charge in [0.2, 0.25) is 0 Å². The minimum Gasteiger partial charge on any atom is -0.316 e. The number of fused-ring (bicyclic) bond motifs is 2. The molecule has 2 N–H and O–H groups in total. The molecule has 2 bridgehead atoms. The van der Waals surface area contributed by atoms with E-state index in [4.69, 9.17) is 0 Å². The van der Waals surface area contributed by atoms with Crippen LogP contribution < -0.4 is 10.0 Å². The summed E-state index contributed by atoms with van der Waals surface area (Å²) in [6.45, 7) is 12.2. The van der Waals surface area contributed by atoms with Gasteiger partial charge in [-0.25, -0.2) is 4.72 Å². The van der Waals surface area contributed by atoms with Crippen LogP contribution in [0.3, 0.4) is 0 Å². The second-order valence-electron chi connectivity index (χ2n) is 9.10. The molecule has 5 atom stereocenters. The van der Waals surface area contributed by atoms with Crippen molar-refractivity contribution in [3.63, 3.8) is 0 Å². The Labute approximate surface area is 175 Å². The summed E-state index contributed by atoms with van der Waals surface area (Å²) in [5.74, 6) is 3.91. The highest BCUT2D eigenvalue weighted by molar-refractivity contribution is 7.97. The first-order valence-corrected chi connectivity index (χ1v) is 11.3. The molecule has 2 aliphatic carbocycles. The van der Waals surface area contributed by atoms with Gasteiger partial charge in [-0.3, -0.25) is 4.98 Å². The number of nitrogens with zero attached hydrogens (tertiary/aromatic N) is 1. The van der Waals surface area contributed by atoms with Crippen molar-refractivity contribution in [3.8, 4) is 0 Å². The van der Waals surface area contributed by atoms with Crippen molar-refractivity contribution in [1.82, 2.24) is 15.0 Å². The highest BCUT2D eigenvalue weighted by Crippen LogP contribution is 2.44. The van der Waals surface area contributed by atoms with E-state index < -0.39 is 5.54 Å². The summed E-state index contributed by atoms with van der Waals surface area (Å²) in [5, 5.41) is 3.53. The Balaban J connectivity index is 0.000000202. The fourth-order valence-corrected chi connectivity index (χ4v) is 5.61. The third-order valence-corrected chi connectivity index (χ3v) is 7.14. The Morgan fingerprint density at radius 1 is 1.25 bits per heavy atom. The molecule has 1 aromatic heterocycles. The second-order valence-corrected chi connectivity index (χ2v) is 9.95. The van der Waals surface area contributed by atoms with Gasteiger partial charge < -0.3 is 10.1 Å². The molecule has 0 saturated heterocycles. The summed E-state index contributed by atoms with van der Waals surface area (Å²) >= 11 is 1.39. The molecule has 0 spiro atoms. The van der Waals surface area contributed by atoms with E-state index in [2.05, 4.69) is 42.5 Å². The molecular formula is C23H37N3OS. The predicted octanol–water partition coefficient (Wildman–Crippen LogP) is 4.97. The van der Waals surface area contributed by atoms with E-state index in [1.807, 2.05) is 26.0 Å². The van der Waals surface area contributed by atoms with Crippen LogP contribution in [-0.2, 0) is 4.79 Å². The van der Waals surface area contributed by atoms with Gasteiger partial charge in [0.15, 0.2) is 0 Å². The molecule has 3 rings (SSSR count). The van der Waals surface area contributed by atoms with Crippen LogP contribution in [0.15, 0.2) is 29.8 Å². The molecule has 0 aromatic carbocycles. The summed E-state index contributed by atoms with van der Waals surface area (Å²) in [6.07, 6.45) is 10.2. The lowest BCUT2D eigenvalue weighted by molar-refractivity contribution is -0.111. The summed E-state index contributed by atoms with van der Waals surface area (Å²) in [4.78, 5) is 15.8. The van der Waals surface area contributed by atoms with Crippen LogP contribution in [0.5, 0.6) is 0 Å². The maximum absolute atomic E-state index is 10.7. The zero-order chi connectivity index (χ0) is 20.7. The Kier molecular flexibility index (Phi) is 8.72. The van der Waals surface area contributed by atoms with Crippen LogP contribution >= 0.6 is 11.9 Å². The van der Waals surface area contributed by atoms with Crippen LogP contribution in [-0.4, -0.2) is 29.9 Å². The fraction of sp³-hybridized carbons (Fsp3) is 0.652. The number of hydrogen-bond donors (Lipinski definition) is 2. The maximum atomic E-state index is 10.7. The quantitative estimate of drug-likeness (QED) is 0.519. The standard InChI is InChI=1S/C12H23N.C11H14N2OS/c1-8-4-10-6-9(2)12(13-3)11(5-8)7-10;1-4-9-10(6-5-7-12-9)15-13-11(2,3)8-14/h8-13H,4-7H2,1-3H3;4-8,13H,1H2,2-3H3. The zero-order valence-electron chi connectivity index (χ0n) is 18.1. The molecule has 2 fully saturated rings. The molecule has 0 aliphatic heterocycles. The Hall–Kier alpha value is -1.17. The van der Waals surface area contributed by atoms with Gasteiger partial charge >= 0.3 is 0 Å². The molecule has 1 aromatic rings. The Bertz CT molecular complexity index is 644. The average molecular weight is 404 g/mol. The van der Waals surface area contributed by atoms with Crippen molar-refractivity contribution in [1.29, 1.82) is 0 Å². The lowest BCUT2D eigenvalue weighted by atomic mass is 9.63.